The summed E-state index contributed by atoms with van der Waals surface area (Å²) in [7, 11) is 0. The van der Waals surface area contributed by atoms with Crippen LogP contribution in [-0.2, 0) is 11.3 Å². The Morgan fingerprint density at radius 2 is 1.56 bits per heavy atom. The molecule has 1 saturated heterocycles. The lowest BCUT2D eigenvalue weighted by molar-refractivity contribution is -0.137. The van der Waals surface area contributed by atoms with E-state index in [1.165, 1.54) is 11.3 Å². The Kier molecular flexibility index (Phi) is 6.02. The number of carbonyl (C=O) groups is 2. The molecule has 1 saturated carbocycles. The molecule has 0 spiro atoms. The van der Waals surface area contributed by atoms with Crippen molar-refractivity contribution >= 4 is 23.3 Å². The van der Waals surface area contributed by atoms with Gasteiger partial charge in [-0.25, -0.2) is 4.79 Å². The van der Waals surface area contributed by atoms with Gasteiger partial charge in [-0.3, -0.25) is 4.79 Å². The van der Waals surface area contributed by atoms with Gasteiger partial charge in [0.15, 0.2) is 0 Å². The molecule has 2 aromatic carbocycles. The highest BCUT2D eigenvalue weighted by molar-refractivity contribution is 5.92. The maximum atomic E-state index is 13.1. The maximum Gasteiger partial charge on any atom is 0.322 e. The molecule has 2 heterocycles. The zero-order valence-electron chi connectivity index (χ0n) is 18.6. The van der Waals surface area contributed by atoms with Crippen LogP contribution in [-0.4, -0.2) is 54.5 Å². The van der Waals surface area contributed by atoms with E-state index in [4.69, 9.17) is 0 Å². The lowest BCUT2D eigenvalue weighted by Gasteiger charge is -2.39. The zero-order valence-corrected chi connectivity index (χ0v) is 18.6. The van der Waals surface area contributed by atoms with Crippen molar-refractivity contribution in [2.24, 2.45) is 11.8 Å². The molecule has 3 aliphatic rings. The number of carbonyl (C=O) groups excluding carboxylic acids is 2. The first-order chi connectivity index (χ1) is 15.7. The Morgan fingerprint density at radius 3 is 2.31 bits per heavy atom. The van der Waals surface area contributed by atoms with Crippen LogP contribution in [0.4, 0.5) is 16.2 Å². The van der Waals surface area contributed by atoms with Crippen LogP contribution in [0, 0.1) is 11.8 Å². The number of benzene rings is 2. The van der Waals surface area contributed by atoms with Crippen LogP contribution in [0.3, 0.4) is 0 Å². The fourth-order valence-corrected chi connectivity index (χ4v) is 5.38. The number of anilines is 2. The second kappa shape index (κ2) is 9.23. The zero-order chi connectivity index (χ0) is 21.9. The maximum absolute atomic E-state index is 13.1. The van der Waals surface area contributed by atoms with Crippen LogP contribution in [0.2, 0.25) is 0 Å². The molecular formula is C26H32N4O2. The predicted molar refractivity (Wildman–Crippen MR) is 127 cm³/mol. The van der Waals surface area contributed by atoms with Crippen molar-refractivity contribution in [2.45, 2.75) is 32.2 Å². The summed E-state index contributed by atoms with van der Waals surface area (Å²) in [6.45, 7) is 4.86. The highest BCUT2D eigenvalue weighted by Gasteiger charge is 2.33. The molecule has 1 aliphatic carbocycles. The first-order valence-electron chi connectivity index (χ1n) is 11.9. The number of nitrogens with zero attached hydrogens (tertiary/aromatic N) is 3. The van der Waals surface area contributed by atoms with Gasteiger partial charge in [0.25, 0.3) is 0 Å². The number of piperazine rings is 1. The van der Waals surface area contributed by atoms with Gasteiger partial charge in [0.2, 0.25) is 5.91 Å². The van der Waals surface area contributed by atoms with Gasteiger partial charge in [-0.15, -0.1) is 0 Å². The smallest absolute Gasteiger partial charge is 0.322 e. The molecule has 0 aromatic heterocycles. The highest BCUT2D eigenvalue weighted by Crippen LogP contribution is 2.32. The highest BCUT2D eigenvalue weighted by atomic mass is 16.2. The van der Waals surface area contributed by atoms with E-state index in [1.54, 1.807) is 0 Å². The number of amides is 3. The second-order valence-electron chi connectivity index (χ2n) is 9.33. The molecule has 2 aromatic rings. The first kappa shape index (κ1) is 20.9. The average Bonchev–Trinajstić information content (AvgIpc) is 2.85. The third-order valence-corrected chi connectivity index (χ3v) is 7.29. The molecule has 0 radical (unpaired) electrons. The molecule has 32 heavy (non-hydrogen) atoms. The SMILES string of the molecule is O=C1Nc2ccccc2CN1C[C@H]1CC[C@H](C(=O)N2CCN(c3ccccc3)CC2)CC1. The molecule has 6 nitrogen and oxygen atoms in total. The van der Waals surface area contributed by atoms with E-state index in [9.17, 15) is 9.59 Å². The van der Waals surface area contributed by atoms with E-state index in [-0.39, 0.29) is 11.9 Å². The molecule has 1 N–H and O–H groups in total. The number of rotatable bonds is 4. The minimum atomic E-state index is -0.00168. The summed E-state index contributed by atoms with van der Waals surface area (Å²) < 4.78 is 0. The van der Waals surface area contributed by atoms with Crippen molar-refractivity contribution in [3.63, 3.8) is 0 Å². The topological polar surface area (TPSA) is 55.9 Å². The van der Waals surface area contributed by atoms with Crippen LogP contribution in [0.15, 0.2) is 54.6 Å². The van der Waals surface area contributed by atoms with E-state index in [1.807, 2.05) is 29.2 Å². The van der Waals surface area contributed by atoms with Crippen LogP contribution in [0.1, 0.15) is 31.2 Å². The molecule has 168 valence electrons. The van der Waals surface area contributed by atoms with Crippen LogP contribution in [0.5, 0.6) is 0 Å². The van der Waals surface area contributed by atoms with E-state index < -0.39 is 0 Å². The van der Waals surface area contributed by atoms with Crippen LogP contribution < -0.4 is 10.2 Å². The standard InChI is InChI=1S/C26H32N4O2/c31-25(29-16-14-28(15-17-29)23-7-2-1-3-8-23)21-12-10-20(11-13-21)18-30-19-22-6-4-5-9-24(22)27-26(30)32/h1-9,20-21H,10-19H2,(H,27,32)/t20-,21-. The third-order valence-electron chi connectivity index (χ3n) is 7.29. The fraction of sp³-hybridized carbons (Fsp3) is 0.462. The number of urea groups is 1. The Hall–Kier alpha value is -3.02. The predicted octanol–water partition coefficient (Wildman–Crippen LogP) is 4.19. The van der Waals surface area contributed by atoms with E-state index in [2.05, 4.69) is 45.4 Å². The quantitative estimate of drug-likeness (QED) is 0.788. The fourth-order valence-electron chi connectivity index (χ4n) is 5.38. The number of hydrogen-bond acceptors (Lipinski definition) is 3. The number of fused-ring (bicyclic) bond motifs is 1. The van der Waals surface area contributed by atoms with Gasteiger partial charge in [-0.05, 0) is 55.4 Å². The molecule has 0 unspecified atom stereocenters. The van der Waals surface area contributed by atoms with Gasteiger partial charge in [-0.1, -0.05) is 36.4 Å². The summed E-state index contributed by atoms with van der Waals surface area (Å²) in [4.78, 5) is 32.0. The summed E-state index contributed by atoms with van der Waals surface area (Å²) in [5.74, 6) is 0.955. The lowest BCUT2D eigenvalue weighted by Crippen LogP contribution is -2.51. The minimum absolute atomic E-state index is 0.00168. The van der Waals surface area contributed by atoms with Gasteiger partial charge in [0, 0.05) is 56.6 Å². The van der Waals surface area contributed by atoms with Gasteiger partial charge in [0.05, 0.1) is 0 Å². The Balaban J connectivity index is 1.09. The first-order valence-corrected chi connectivity index (χ1v) is 11.9. The van der Waals surface area contributed by atoms with Crippen molar-refractivity contribution < 1.29 is 9.59 Å². The number of nitrogens with one attached hydrogen (secondary N) is 1. The monoisotopic (exact) mass is 432 g/mol. The van der Waals surface area contributed by atoms with Gasteiger partial charge >= 0.3 is 6.03 Å². The molecule has 2 fully saturated rings. The second-order valence-corrected chi connectivity index (χ2v) is 9.33. The van der Waals surface area contributed by atoms with Crippen molar-refractivity contribution in [3.05, 3.63) is 60.2 Å². The molecule has 0 atom stereocenters. The summed E-state index contributed by atoms with van der Waals surface area (Å²) in [6.07, 6.45) is 3.92. The van der Waals surface area contributed by atoms with E-state index in [0.717, 1.165) is 64.1 Å². The summed E-state index contributed by atoms with van der Waals surface area (Å²) in [5, 5.41) is 3.01. The molecule has 2 aliphatic heterocycles. The minimum Gasteiger partial charge on any atom is -0.368 e. The largest absolute Gasteiger partial charge is 0.368 e. The Bertz CT molecular complexity index is 947. The van der Waals surface area contributed by atoms with Crippen molar-refractivity contribution in [3.8, 4) is 0 Å². The molecule has 3 amide bonds. The lowest BCUT2D eigenvalue weighted by atomic mass is 9.81. The third kappa shape index (κ3) is 4.45. The molecule has 5 rings (SSSR count). The summed E-state index contributed by atoms with van der Waals surface area (Å²) in [6, 6.07) is 18.5. The van der Waals surface area contributed by atoms with Crippen molar-refractivity contribution in [1.29, 1.82) is 0 Å². The molecule has 6 heteroatoms. The van der Waals surface area contributed by atoms with Crippen LogP contribution in [0.25, 0.3) is 0 Å². The van der Waals surface area contributed by atoms with Gasteiger partial charge < -0.3 is 20.0 Å². The molecular weight excluding hydrogens is 400 g/mol. The average molecular weight is 433 g/mol. The van der Waals surface area contributed by atoms with E-state index in [0.29, 0.717) is 18.4 Å². The normalized spacial score (nSPS) is 23.5. The number of para-hydroxylation sites is 2. The van der Waals surface area contributed by atoms with Gasteiger partial charge in [-0.2, -0.15) is 0 Å². The van der Waals surface area contributed by atoms with Crippen LogP contribution >= 0.6 is 0 Å². The van der Waals surface area contributed by atoms with E-state index >= 15 is 0 Å². The summed E-state index contributed by atoms with van der Waals surface area (Å²) in [5.41, 5.74) is 3.34. The van der Waals surface area contributed by atoms with Crippen molar-refractivity contribution in [1.82, 2.24) is 9.80 Å². The summed E-state index contributed by atoms with van der Waals surface area (Å²) >= 11 is 0. The van der Waals surface area contributed by atoms with Gasteiger partial charge in [0.1, 0.15) is 0 Å². The number of hydrogen-bond donors (Lipinski definition) is 1. The molecule has 0 bridgehead atoms. The van der Waals surface area contributed by atoms with Crippen molar-refractivity contribution in [2.75, 3.05) is 42.9 Å². The Morgan fingerprint density at radius 1 is 0.875 bits per heavy atom. The Labute approximate surface area is 190 Å².